The molecule has 1 aliphatic rings. The van der Waals surface area contributed by atoms with Crippen LogP contribution in [0.2, 0.25) is 0 Å². The second-order valence-electron chi connectivity index (χ2n) is 5.36. The number of hydrogen-bond acceptors (Lipinski definition) is 2. The van der Waals surface area contributed by atoms with Crippen LogP contribution in [0.3, 0.4) is 0 Å². The molecule has 1 saturated heterocycles. The Balaban J connectivity index is 2.02. The first kappa shape index (κ1) is 12.2. The number of hydrogen-bond donors (Lipinski definition) is 0. The number of benzene rings is 1. The zero-order valence-corrected chi connectivity index (χ0v) is 10.8. The number of piperidine rings is 1. The molecule has 0 aliphatic carbocycles. The predicted molar refractivity (Wildman–Crippen MR) is 71.7 cm³/mol. The first-order chi connectivity index (χ1) is 8.17. The van der Waals surface area contributed by atoms with E-state index in [0.29, 0.717) is 5.41 Å². The highest BCUT2D eigenvalue weighted by molar-refractivity contribution is 5.75. The smallest absolute Gasteiger partial charge is 0.150 e. The van der Waals surface area contributed by atoms with Crippen LogP contribution in [0.25, 0.3) is 0 Å². The third kappa shape index (κ3) is 2.68. The molecule has 0 spiro atoms. The molecule has 1 aliphatic heterocycles. The molecular formula is C15H21NO. The molecule has 1 fully saturated rings. The van der Waals surface area contributed by atoms with E-state index in [-0.39, 0.29) is 0 Å². The number of rotatable bonds is 3. The van der Waals surface area contributed by atoms with Gasteiger partial charge in [-0.1, -0.05) is 20.3 Å². The lowest BCUT2D eigenvalue weighted by Crippen LogP contribution is -2.38. The Morgan fingerprint density at radius 2 is 1.82 bits per heavy atom. The lowest BCUT2D eigenvalue weighted by Gasteiger charge is -2.40. The average molecular weight is 231 g/mol. The maximum Gasteiger partial charge on any atom is 0.150 e. The van der Waals surface area contributed by atoms with E-state index in [0.717, 1.165) is 24.9 Å². The molecule has 0 atom stereocenters. The van der Waals surface area contributed by atoms with Gasteiger partial charge in [0, 0.05) is 24.3 Å². The molecule has 1 aromatic carbocycles. The van der Waals surface area contributed by atoms with Gasteiger partial charge in [0.1, 0.15) is 6.29 Å². The highest BCUT2D eigenvalue weighted by Crippen LogP contribution is 2.35. The zero-order valence-electron chi connectivity index (χ0n) is 10.8. The van der Waals surface area contributed by atoms with Crippen molar-refractivity contribution in [3.63, 3.8) is 0 Å². The summed E-state index contributed by atoms with van der Waals surface area (Å²) in [5.74, 6) is 0. The Morgan fingerprint density at radius 3 is 2.29 bits per heavy atom. The van der Waals surface area contributed by atoms with Crippen LogP contribution in [-0.4, -0.2) is 19.4 Å². The van der Waals surface area contributed by atoms with Crippen molar-refractivity contribution in [3.05, 3.63) is 29.8 Å². The quantitative estimate of drug-likeness (QED) is 0.742. The molecule has 0 aromatic heterocycles. The van der Waals surface area contributed by atoms with E-state index in [9.17, 15) is 4.79 Å². The van der Waals surface area contributed by atoms with Crippen molar-refractivity contribution in [2.24, 2.45) is 5.41 Å². The Hall–Kier alpha value is -1.31. The fourth-order valence-corrected chi connectivity index (χ4v) is 2.42. The van der Waals surface area contributed by atoms with Crippen LogP contribution in [0.4, 0.5) is 5.69 Å². The molecule has 0 saturated carbocycles. The van der Waals surface area contributed by atoms with Crippen LogP contribution in [-0.2, 0) is 0 Å². The molecule has 0 N–H and O–H groups in total. The number of aldehydes is 1. The molecule has 0 amide bonds. The fourth-order valence-electron chi connectivity index (χ4n) is 2.42. The van der Waals surface area contributed by atoms with Crippen molar-refractivity contribution in [2.45, 2.75) is 33.1 Å². The molecule has 17 heavy (non-hydrogen) atoms. The van der Waals surface area contributed by atoms with E-state index in [1.807, 2.05) is 12.1 Å². The summed E-state index contributed by atoms with van der Waals surface area (Å²) in [6.07, 6.45) is 4.69. The van der Waals surface area contributed by atoms with Crippen LogP contribution in [0.15, 0.2) is 24.3 Å². The fraction of sp³-hybridized carbons (Fsp3) is 0.533. The number of nitrogens with zero attached hydrogens (tertiary/aromatic N) is 1. The summed E-state index contributed by atoms with van der Waals surface area (Å²) in [5, 5.41) is 0. The molecule has 92 valence electrons. The van der Waals surface area contributed by atoms with Gasteiger partial charge in [-0.15, -0.1) is 0 Å². The molecule has 2 rings (SSSR count). The maximum absolute atomic E-state index is 10.6. The van der Waals surface area contributed by atoms with Crippen molar-refractivity contribution >= 4 is 12.0 Å². The summed E-state index contributed by atoms with van der Waals surface area (Å²) in [6.45, 7) is 6.93. The molecule has 0 radical (unpaired) electrons. The summed E-state index contributed by atoms with van der Waals surface area (Å²) in [7, 11) is 0. The minimum absolute atomic E-state index is 0.527. The monoisotopic (exact) mass is 231 g/mol. The standard InChI is InChI=1S/C15H21NO/c1-3-15(2)8-10-16(11-9-15)14-6-4-13(12-17)5-7-14/h4-7,12H,3,8-11H2,1-2H3. The van der Waals surface area contributed by atoms with Crippen LogP contribution in [0, 0.1) is 5.41 Å². The third-order valence-electron chi connectivity index (χ3n) is 4.22. The van der Waals surface area contributed by atoms with Crippen LogP contribution in [0.1, 0.15) is 43.5 Å². The van der Waals surface area contributed by atoms with Crippen molar-refractivity contribution in [1.82, 2.24) is 0 Å². The topological polar surface area (TPSA) is 20.3 Å². The summed E-state index contributed by atoms with van der Waals surface area (Å²) < 4.78 is 0. The number of carbonyl (C=O) groups is 1. The third-order valence-corrected chi connectivity index (χ3v) is 4.22. The largest absolute Gasteiger partial charge is 0.371 e. The second kappa shape index (κ2) is 4.91. The molecule has 0 unspecified atom stereocenters. The Labute approximate surface area is 104 Å². The van der Waals surface area contributed by atoms with Gasteiger partial charge in [0.25, 0.3) is 0 Å². The van der Waals surface area contributed by atoms with Crippen molar-refractivity contribution in [3.8, 4) is 0 Å². The van der Waals surface area contributed by atoms with Crippen LogP contribution in [0.5, 0.6) is 0 Å². The SMILES string of the molecule is CCC1(C)CCN(c2ccc(C=O)cc2)CC1. The molecule has 1 heterocycles. The van der Waals surface area contributed by atoms with E-state index < -0.39 is 0 Å². The van der Waals surface area contributed by atoms with Crippen molar-refractivity contribution in [1.29, 1.82) is 0 Å². The molecule has 2 heteroatoms. The second-order valence-corrected chi connectivity index (χ2v) is 5.36. The van der Waals surface area contributed by atoms with Gasteiger partial charge in [0.15, 0.2) is 0 Å². The lowest BCUT2D eigenvalue weighted by molar-refractivity contribution is 0.112. The predicted octanol–water partition coefficient (Wildman–Crippen LogP) is 3.52. The van der Waals surface area contributed by atoms with E-state index in [4.69, 9.17) is 0 Å². The van der Waals surface area contributed by atoms with E-state index in [1.165, 1.54) is 24.9 Å². The van der Waals surface area contributed by atoms with E-state index >= 15 is 0 Å². The first-order valence-electron chi connectivity index (χ1n) is 6.47. The van der Waals surface area contributed by atoms with E-state index in [1.54, 1.807) is 0 Å². The summed E-state index contributed by atoms with van der Waals surface area (Å²) in [6, 6.07) is 7.91. The van der Waals surface area contributed by atoms with Crippen LogP contribution < -0.4 is 4.90 Å². The van der Waals surface area contributed by atoms with Crippen molar-refractivity contribution in [2.75, 3.05) is 18.0 Å². The summed E-state index contributed by atoms with van der Waals surface area (Å²) in [4.78, 5) is 13.0. The minimum atomic E-state index is 0.527. The molecule has 1 aromatic rings. The Kier molecular flexibility index (Phi) is 3.51. The Morgan fingerprint density at radius 1 is 1.24 bits per heavy atom. The van der Waals surface area contributed by atoms with Gasteiger partial charge in [-0.2, -0.15) is 0 Å². The maximum atomic E-state index is 10.6. The Bertz CT molecular complexity index is 374. The van der Waals surface area contributed by atoms with Gasteiger partial charge < -0.3 is 4.90 Å². The number of carbonyl (C=O) groups excluding carboxylic acids is 1. The summed E-state index contributed by atoms with van der Waals surface area (Å²) in [5.41, 5.74) is 2.53. The van der Waals surface area contributed by atoms with Gasteiger partial charge in [-0.05, 0) is 42.5 Å². The highest BCUT2D eigenvalue weighted by atomic mass is 16.1. The van der Waals surface area contributed by atoms with Gasteiger partial charge in [0.05, 0.1) is 0 Å². The molecular weight excluding hydrogens is 210 g/mol. The van der Waals surface area contributed by atoms with E-state index in [2.05, 4.69) is 30.9 Å². The minimum Gasteiger partial charge on any atom is -0.371 e. The molecule has 2 nitrogen and oxygen atoms in total. The van der Waals surface area contributed by atoms with Crippen LogP contribution >= 0.6 is 0 Å². The van der Waals surface area contributed by atoms with Crippen molar-refractivity contribution < 1.29 is 4.79 Å². The normalized spacial score (nSPS) is 19.1. The van der Waals surface area contributed by atoms with Gasteiger partial charge >= 0.3 is 0 Å². The highest BCUT2D eigenvalue weighted by Gasteiger charge is 2.28. The van der Waals surface area contributed by atoms with Gasteiger partial charge in [0.2, 0.25) is 0 Å². The summed E-state index contributed by atoms with van der Waals surface area (Å²) >= 11 is 0. The number of anilines is 1. The van der Waals surface area contributed by atoms with Gasteiger partial charge in [-0.3, -0.25) is 4.79 Å². The average Bonchev–Trinajstić information content (AvgIpc) is 2.40. The van der Waals surface area contributed by atoms with Gasteiger partial charge in [-0.25, -0.2) is 0 Å². The first-order valence-corrected chi connectivity index (χ1v) is 6.47. The lowest BCUT2D eigenvalue weighted by atomic mass is 9.78. The zero-order chi connectivity index (χ0) is 12.3. The molecule has 0 bridgehead atoms.